The fourth-order valence-electron chi connectivity index (χ4n) is 4.16. The van der Waals surface area contributed by atoms with Gasteiger partial charge in [0.25, 0.3) is 5.91 Å². The average Bonchev–Trinajstić information content (AvgIpc) is 2.74. The van der Waals surface area contributed by atoms with Gasteiger partial charge in [-0.1, -0.05) is 12.5 Å². The van der Waals surface area contributed by atoms with E-state index in [0.29, 0.717) is 17.2 Å². The lowest BCUT2D eigenvalue weighted by molar-refractivity contribution is 0.102. The number of hydrogen-bond donors (Lipinski definition) is 3. The summed E-state index contributed by atoms with van der Waals surface area (Å²) in [5.41, 5.74) is 13.7. The molecular weight excluding hydrogens is 380 g/mol. The molecule has 8 nitrogen and oxygen atoms in total. The van der Waals surface area contributed by atoms with Gasteiger partial charge in [0.05, 0.1) is 7.11 Å². The second-order valence-corrected chi connectivity index (χ2v) is 7.55. The molecular formula is C22H26N6O2. The molecule has 156 valence electrons. The summed E-state index contributed by atoms with van der Waals surface area (Å²) < 4.78 is 5.15. The molecule has 1 aliphatic carbocycles. The van der Waals surface area contributed by atoms with Crippen molar-refractivity contribution < 1.29 is 9.53 Å². The molecule has 2 aromatic rings. The minimum atomic E-state index is -0.542. The predicted octanol–water partition coefficient (Wildman–Crippen LogP) is 3.06. The van der Waals surface area contributed by atoms with Gasteiger partial charge in [-0.2, -0.15) is 4.99 Å². The Balaban J connectivity index is 1.61. The second-order valence-electron chi connectivity index (χ2n) is 7.55. The van der Waals surface area contributed by atoms with E-state index in [2.05, 4.69) is 15.3 Å². The van der Waals surface area contributed by atoms with Crippen molar-refractivity contribution in [2.24, 2.45) is 21.5 Å². The molecule has 1 aliphatic heterocycles. The molecule has 2 aromatic carbocycles. The third-order valence-electron chi connectivity index (χ3n) is 5.57. The number of aliphatic imine (C=N–C) groups is 2. The summed E-state index contributed by atoms with van der Waals surface area (Å²) in [6.07, 6.45) is 4.92. The van der Waals surface area contributed by atoms with E-state index >= 15 is 0 Å². The molecule has 2 aliphatic rings. The van der Waals surface area contributed by atoms with Crippen LogP contribution in [0.5, 0.6) is 5.75 Å². The van der Waals surface area contributed by atoms with E-state index in [1.165, 1.54) is 0 Å². The normalized spacial score (nSPS) is 17.8. The highest BCUT2D eigenvalue weighted by Gasteiger charge is 2.42. The Morgan fingerprint density at radius 1 is 1.10 bits per heavy atom. The van der Waals surface area contributed by atoms with E-state index in [0.717, 1.165) is 43.5 Å². The summed E-state index contributed by atoms with van der Waals surface area (Å²) in [5.74, 6) is 1.03. The molecule has 0 unspecified atom stereocenters. The van der Waals surface area contributed by atoms with E-state index in [-0.39, 0.29) is 11.9 Å². The highest BCUT2D eigenvalue weighted by molar-refractivity contribution is 6.08. The van der Waals surface area contributed by atoms with Crippen LogP contribution in [0.4, 0.5) is 11.4 Å². The van der Waals surface area contributed by atoms with Crippen molar-refractivity contribution in [1.29, 1.82) is 0 Å². The molecule has 1 amide bonds. The number of carbonyl (C=O) groups is 1. The number of guanidine groups is 2. The van der Waals surface area contributed by atoms with Crippen molar-refractivity contribution in [2.45, 2.75) is 37.8 Å². The number of rotatable bonds is 4. The Bertz CT molecular complexity index is 993. The van der Waals surface area contributed by atoms with Crippen molar-refractivity contribution in [3.63, 3.8) is 0 Å². The summed E-state index contributed by atoms with van der Waals surface area (Å²) in [6.45, 7) is 0. The van der Waals surface area contributed by atoms with Crippen LogP contribution in [-0.2, 0) is 0 Å². The fraction of sp³-hybridized carbons (Fsp3) is 0.318. The number of nitrogens with zero attached hydrogens (tertiary/aromatic N) is 3. The summed E-state index contributed by atoms with van der Waals surface area (Å²) in [7, 11) is 1.60. The Labute approximate surface area is 175 Å². The topological polar surface area (TPSA) is 118 Å². The minimum Gasteiger partial charge on any atom is -0.497 e. The summed E-state index contributed by atoms with van der Waals surface area (Å²) >= 11 is 0. The zero-order valence-corrected chi connectivity index (χ0v) is 17.0. The van der Waals surface area contributed by atoms with Crippen LogP contribution in [0.2, 0.25) is 0 Å². The van der Waals surface area contributed by atoms with Crippen LogP contribution >= 0.6 is 0 Å². The SMILES string of the molecule is COc1ccc(NC(=O)c2cccc(N3C(N)=NC(N)=NC34CCCCC4)c2)cc1. The lowest BCUT2D eigenvalue weighted by Gasteiger charge is -2.45. The first-order valence-corrected chi connectivity index (χ1v) is 10.1. The monoisotopic (exact) mass is 406 g/mol. The number of hydrogen-bond acceptors (Lipinski definition) is 7. The smallest absolute Gasteiger partial charge is 0.255 e. The van der Waals surface area contributed by atoms with Crippen LogP contribution in [-0.4, -0.2) is 30.6 Å². The van der Waals surface area contributed by atoms with Crippen molar-refractivity contribution in [1.82, 2.24) is 0 Å². The largest absolute Gasteiger partial charge is 0.497 e. The van der Waals surface area contributed by atoms with Crippen LogP contribution in [0.15, 0.2) is 58.5 Å². The van der Waals surface area contributed by atoms with E-state index < -0.39 is 5.66 Å². The van der Waals surface area contributed by atoms with Crippen molar-refractivity contribution >= 4 is 29.2 Å². The molecule has 0 atom stereocenters. The standard InChI is InChI=1S/C22H26N6O2/c1-30-18-10-8-16(9-11-18)25-19(29)15-6-5-7-17(14-15)28-21(24)26-20(23)27-22(28)12-3-2-4-13-22/h5-11,14H,2-4,12-13H2,1H3,(H,25,29)(H4,23,24,26,27). The van der Waals surface area contributed by atoms with Gasteiger partial charge in [0.15, 0.2) is 0 Å². The lowest BCUT2D eigenvalue weighted by Crippen LogP contribution is -2.58. The number of benzene rings is 2. The first-order chi connectivity index (χ1) is 14.5. The van der Waals surface area contributed by atoms with Gasteiger partial charge in [0.1, 0.15) is 11.4 Å². The Morgan fingerprint density at radius 2 is 1.83 bits per heavy atom. The van der Waals surface area contributed by atoms with Gasteiger partial charge in [-0.15, -0.1) is 0 Å². The maximum atomic E-state index is 12.8. The molecule has 1 fully saturated rings. The third-order valence-corrected chi connectivity index (χ3v) is 5.57. The van der Waals surface area contributed by atoms with Crippen LogP contribution < -0.4 is 26.4 Å². The molecule has 0 bridgehead atoms. The zero-order valence-electron chi connectivity index (χ0n) is 17.0. The first kappa shape index (κ1) is 19.8. The van der Waals surface area contributed by atoms with E-state index in [9.17, 15) is 4.79 Å². The van der Waals surface area contributed by atoms with Crippen molar-refractivity contribution in [2.75, 3.05) is 17.3 Å². The van der Waals surface area contributed by atoms with Gasteiger partial charge in [-0.3, -0.25) is 9.69 Å². The van der Waals surface area contributed by atoms with Gasteiger partial charge in [-0.25, -0.2) is 4.99 Å². The van der Waals surface area contributed by atoms with Gasteiger partial charge >= 0.3 is 0 Å². The summed E-state index contributed by atoms with van der Waals surface area (Å²) in [5, 5.41) is 2.91. The predicted molar refractivity (Wildman–Crippen MR) is 119 cm³/mol. The van der Waals surface area contributed by atoms with Gasteiger partial charge in [-0.05, 0) is 68.1 Å². The van der Waals surface area contributed by atoms with Crippen molar-refractivity contribution in [3.8, 4) is 5.75 Å². The molecule has 8 heteroatoms. The molecule has 1 spiro atoms. The van der Waals surface area contributed by atoms with Crippen molar-refractivity contribution in [3.05, 3.63) is 54.1 Å². The van der Waals surface area contributed by atoms with Gasteiger partial charge in [0, 0.05) is 16.9 Å². The minimum absolute atomic E-state index is 0.207. The second kappa shape index (κ2) is 8.06. The highest BCUT2D eigenvalue weighted by Crippen LogP contribution is 2.39. The van der Waals surface area contributed by atoms with Crippen LogP contribution in [0.1, 0.15) is 42.5 Å². The summed E-state index contributed by atoms with van der Waals surface area (Å²) in [4.78, 5) is 23.6. The molecule has 1 heterocycles. The van der Waals surface area contributed by atoms with Gasteiger partial charge < -0.3 is 21.5 Å². The van der Waals surface area contributed by atoms with E-state index in [1.54, 1.807) is 37.4 Å². The van der Waals surface area contributed by atoms with Crippen LogP contribution in [0.3, 0.4) is 0 Å². The number of carbonyl (C=O) groups excluding carboxylic acids is 1. The van der Waals surface area contributed by atoms with Gasteiger partial charge in [0.2, 0.25) is 11.9 Å². The lowest BCUT2D eigenvalue weighted by atomic mass is 9.87. The molecule has 0 aromatic heterocycles. The molecule has 5 N–H and O–H groups in total. The van der Waals surface area contributed by atoms with Crippen LogP contribution in [0.25, 0.3) is 0 Å². The van der Waals surface area contributed by atoms with E-state index in [4.69, 9.17) is 16.2 Å². The number of nitrogens with one attached hydrogen (secondary N) is 1. The molecule has 30 heavy (non-hydrogen) atoms. The Morgan fingerprint density at radius 3 is 2.53 bits per heavy atom. The number of nitrogens with two attached hydrogens (primary N) is 2. The third kappa shape index (κ3) is 3.80. The molecule has 4 rings (SSSR count). The molecule has 0 radical (unpaired) electrons. The quantitative estimate of drug-likeness (QED) is 0.721. The number of ether oxygens (including phenoxy) is 1. The molecule has 0 saturated heterocycles. The highest BCUT2D eigenvalue weighted by atomic mass is 16.5. The van der Waals surface area contributed by atoms with Crippen LogP contribution in [0, 0.1) is 0 Å². The maximum Gasteiger partial charge on any atom is 0.255 e. The number of methoxy groups -OCH3 is 1. The fourth-order valence-corrected chi connectivity index (χ4v) is 4.16. The average molecular weight is 406 g/mol. The maximum absolute atomic E-state index is 12.8. The van der Waals surface area contributed by atoms with E-state index in [1.807, 2.05) is 23.1 Å². The first-order valence-electron chi connectivity index (χ1n) is 10.1. The zero-order chi connectivity index (χ0) is 21.1. The number of amides is 1. The Kier molecular flexibility index (Phi) is 5.31. The summed E-state index contributed by atoms with van der Waals surface area (Å²) in [6, 6.07) is 14.5. The Hall–Kier alpha value is -3.55. The number of anilines is 2. The molecule has 1 saturated carbocycles.